The number of benzene rings is 2. The first-order valence-electron chi connectivity index (χ1n) is 7.94. The third kappa shape index (κ3) is 4.45. The summed E-state index contributed by atoms with van der Waals surface area (Å²) in [6.07, 6.45) is -0.387. The summed E-state index contributed by atoms with van der Waals surface area (Å²) in [5.41, 5.74) is 1.45. The van der Waals surface area contributed by atoms with E-state index in [0.717, 1.165) is 36.6 Å². The first-order valence-corrected chi connectivity index (χ1v) is 9.20. The number of thiazole rings is 1. The van der Waals surface area contributed by atoms with Crippen LogP contribution in [0.25, 0.3) is 10.4 Å². The molecule has 0 fully saturated rings. The Labute approximate surface area is 167 Å². The molecule has 1 heterocycles. The van der Waals surface area contributed by atoms with E-state index in [1.165, 1.54) is 17.6 Å². The molecule has 3 aromatic rings. The van der Waals surface area contributed by atoms with Gasteiger partial charge in [-0.3, -0.25) is 4.79 Å². The Bertz CT molecular complexity index is 1030. The van der Waals surface area contributed by atoms with Crippen LogP contribution in [-0.4, -0.2) is 18.1 Å². The van der Waals surface area contributed by atoms with Gasteiger partial charge in [0, 0.05) is 21.7 Å². The van der Waals surface area contributed by atoms with Crippen LogP contribution in [0, 0.1) is 17.5 Å². The van der Waals surface area contributed by atoms with E-state index in [1.54, 1.807) is 0 Å². The van der Waals surface area contributed by atoms with Crippen LogP contribution < -0.4 is 4.74 Å². The van der Waals surface area contributed by atoms with Crippen molar-refractivity contribution in [2.24, 2.45) is 0 Å². The Morgan fingerprint density at radius 3 is 2.57 bits per heavy atom. The quantitative estimate of drug-likeness (QED) is 0.509. The Hall–Kier alpha value is -2.58. The van der Waals surface area contributed by atoms with Gasteiger partial charge in [-0.05, 0) is 24.3 Å². The summed E-state index contributed by atoms with van der Waals surface area (Å²) in [7, 11) is 1.16. The van der Waals surface area contributed by atoms with E-state index in [2.05, 4.69) is 9.72 Å². The van der Waals surface area contributed by atoms with Gasteiger partial charge in [-0.15, -0.1) is 11.3 Å². The number of methoxy groups -OCH3 is 1. The maximum absolute atomic E-state index is 14.5. The largest absolute Gasteiger partial charge is 0.472 e. The highest BCUT2D eigenvalue weighted by molar-refractivity contribution is 7.13. The number of hydrogen-bond donors (Lipinski definition) is 0. The third-order valence-corrected chi connectivity index (χ3v) is 4.93. The summed E-state index contributed by atoms with van der Waals surface area (Å²) in [5, 5.41) is 0.250. The lowest BCUT2D eigenvalue weighted by Gasteiger charge is -2.09. The fourth-order valence-electron chi connectivity index (χ4n) is 2.43. The Morgan fingerprint density at radius 2 is 1.86 bits per heavy atom. The zero-order chi connectivity index (χ0) is 20.3. The van der Waals surface area contributed by atoms with E-state index < -0.39 is 23.4 Å². The van der Waals surface area contributed by atoms with E-state index in [4.69, 9.17) is 16.3 Å². The number of carbonyl (C=O) groups excluding carboxylic acids is 1. The summed E-state index contributed by atoms with van der Waals surface area (Å²) in [5.74, 6) is -2.69. The van der Waals surface area contributed by atoms with Crippen molar-refractivity contribution in [1.29, 1.82) is 0 Å². The van der Waals surface area contributed by atoms with Gasteiger partial charge in [0.15, 0.2) is 0 Å². The van der Waals surface area contributed by atoms with E-state index >= 15 is 0 Å². The molecule has 4 nitrogen and oxygen atoms in total. The lowest BCUT2D eigenvalue weighted by molar-refractivity contribution is -0.139. The molecule has 146 valence electrons. The highest BCUT2D eigenvalue weighted by atomic mass is 35.5. The highest BCUT2D eigenvalue weighted by Crippen LogP contribution is 2.36. The lowest BCUT2D eigenvalue weighted by Crippen LogP contribution is -2.07. The lowest BCUT2D eigenvalue weighted by atomic mass is 10.1. The van der Waals surface area contributed by atoms with Crippen LogP contribution in [0.1, 0.15) is 11.1 Å². The monoisotopic (exact) mass is 427 g/mol. The van der Waals surface area contributed by atoms with E-state index in [9.17, 15) is 18.0 Å². The molecule has 0 unspecified atom stereocenters. The molecule has 1 aromatic heterocycles. The topological polar surface area (TPSA) is 48.4 Å². The number of carbonyl (C=O) groups is 1. The van der Waals surface area contributed by atoms with E-state index in [-0.39, 0.29) is 45.5 Å². The van der Waals surface area contributed by atoms with Crippen molar-refractivity contribution in [2.45, 2.75) is 13.0 Å². The van der Waals surface area contributed by atoms with Crippen LogP contribution in [0.2, 0.25) is 5.02 Å². The van der Waals surface area contributed by atoms with E-state index in [1.807, 2.05) is 0 Å². The predicted octanol–water partition coefficient (Wildman–Crippen LogP) is 5.18. The molecule has 2 aromatic carbocycles. The van der Waals surface area contributed by atoms with Crippen molar-refractivity contribution >= 4 is 28.9 Å². The van der Waals surface area contributed by atoms with Crippen molar-refractivity contribution in [2.75, 3.05) is 7.11 Å². The van der Waals surface area contributed by atoms with Gasteiger partial charge in [-0.2, -0.15) is 0 Å². The van der Waals surface area contributed by atoms with Crippen molar-refractivity contribution in [3.05, 3.63) is 69.4 Å². The molecule has 0 bridgehead atoms. The molecule has 0 amide bonds. The van der Waals surface area contributed by atoms with Gasteiger partial charge in [0.25, 0.3) is 0 Å². The summed E-state index contributed by atoms with van der Waals surface area (Å²) in [4.78, 5) is 15.5. The molecule has 0 aliphatic heterocycles. The number of nitrogens with zero attached hydrogens (tertiary/aromatic N) is 1. The molecule has 3 rings (SSSR count). The Morgan fingerprint density at radius 1 is 1.11 bits per heavy atom. The Kier molecular flexibility index (Phi) is 6.21. The Balaban J connectivity index is 1.85. The standard InChI is InChI=1S/C19H13ClF3NO3S/c1-26-17(25)5-11-4-16(23)13(7-15(11)22)18-19(24-9-28-18)27-8-10-2-3-12(20)6-14(10)21/h2-4,6-7,9H,5,8H2,1H3. The van der Waals surface area contributed by atoms with Crippen LogP contribution in [0.4, 0.5) is 13.2 Å². The molecule has 28 heavy (non-hydrogen) atoms. The van der Waals surface area contributed by atoms with Gasteiger partial charge in [-0.25, -0.2) is 18.2 Å². The minimum Gasteiger partial charge on any atom is -0.472 e. The number of rotatable bonds is 6. The van der Waals surface area contributed by atoms with Crippen molar-refractivity contribution < 1.29 is 27.4 Å². The molecule has 0 atom stereocenters. The fourth-order valence-corrected chi connectivity index (χ4v) is 3.34. The molecule has 0 spiro atoms. The van der Waals surface area contributed by atoms with E-state index in [0.29, 0.717) is 0 Å². The van der Waals surface area contributed by atoms with Crippen molar-refractivity contribution in [1.82, 2.24) is 4.98 Å². The molecule has 0 aliphatic carbocycles. The average molecular weight is 428 g/mol. The fraction of sp³-hybridized carbons (Fsp3) is 0.158. The second kappa shape index (κ2) is 8.62. The predicted molar refractivity (Wildman–Crippen MR) is 98.9 cm³/mol. The van der Waals surface area contributed by atoms with Crippen molar-refractivity contribution in [3.63, 3.8) is 0 Å². The minimum atomic E-state index is -0.759. The van der Waals surface area contributed by atoms with Crippen LogP contribution >= 0.6 is 22.9 Å². The number of aromatic nitrogens is 1. The highest BCUT2D eigenvalue weighted by Gasteiger charge is 2.19. The summed E-state index contributed by atoms with van der Waals surface area (Å²) < 4.78 is 52.7. The zero-order valence-corrected chi connectivity index (χ0v) is 16.0. The maximum atomic E-state index is 14.5. The van der Waals surface area contributed by atoms with Gasteiger partial charge in [0.1, 0.15) is 28.9 Å². The molecular weight excluding hydrogens is 415 g/mol. The summed E-state index contributed by atoms with van der Waals surface area (Å²) >= 11 is 6.75. The van der Waals surface area contributed by atoms with Gasteiger partial charge < -0.3 is 9.47 Å². The minimum absolute atomic E-state index is 0.0402. The first-order chi connectivity index (χ1) is 13.4. The van der Waals surface area contributed by atoms with Crippen LogP contribution in [-0.2, 0) is 22.6 Å². The smallest absolute Gasteiger partial charge is 0.310 e. The van der Waals surface area contributed by atoms with Gasteiger partial charge >= 0.3 is 5.97 Å². The third-order valence-electron chi connectivity index (χ3n) is 3.86. The van der Waals surface area contributed by atoms with Gasteiger partial charge in [-0.1, -0.05) is 17.7 Å². The SMILES string of the molecule is COC(=O)Cc1cc(F)c(-c2scnc2OCc2ccc(Cl)cc2F)cc1F. The van der Waals surface area contributed by atoms with Crippen molar-refractivity contribution in [3.8, 4) is 16.3 Å². The molecule has 0 saturated heterocycles. The normalized spacial score (nSPS) is 10.8. The average Bonchev–Trinajstić information content (AvgIpc) is 3.12. The van der Waals surface area contributed by atoms with Gasteiger partial charge in [0.2, 0.25) is 5.88 Å². The number of ether oxygens (including phenoxy) is 2. The number of esters is 1. The zero-order valence-electron chi connectivity index (χ0n) is 14.5. The molecule has 0 saturated carbocycles. The maximum Gasteiger partial charge on any atom is 0.310 e. The first kappa shape index (κ1) is 20.2. The molecule has 0 aliphatic rings. The number of hydrogen-bond acceptors (Lipinski definition) is 5. The van der Waals surface area contributed by atoms with Gasteiger partial charge in [0.05, 0.1) is 19.0 Å². The molecular formula is C19H13ClF3NO3S. The summed E-state index contributed by atoms with van der Waals surface area (Å²) in [6, 6.07) is 6.03. The van der Waals surface area contributed by atoms with Crippen LogP contribution in [0.15, 0.2) is 35.8 Å². The summed E-state index contributed by atoms with van der Waals surface area (Å²) in [6.45, 7) is -0.162. The second-order valence-electron chi connectivity index (χ2n) is 5.69. The molecule has 9 heteroatoms. The number of halogens is 4. The van der Waals surface area contributed by atoms with Crippen LogP contribution in [0.5, 0.6) is 5.88 Å². The van der Waals surface area contributed by atoms with Crippen LogP contribution in [0.3, 0.4) is 0 Å². The molecule has 0 N–H and O–H groups in total. The molecule has 0 radical (unpaired) electrons. The second-order valence-corrected chi connectivity index (χ2v) is 6.98.